The van der Waals surface area contributed by atoms with E-state index in [1.54, 1.807) is 21.3 Å². The number of nitrogens with one attached hydrogen (secondary N) is 2. The second-order valence-electron chi connectivity index (χ2n) is 7.34. The molecule has 2 N–H and O–H groups in total. The van der Waals surface area contributed by atoms with E-state index in [2.05, 4.69) is 10.6 Å². The largest absolute Gasteiger partial charge is 0.495 e. The van der Waals surface area contributed by atoms with Crippen LogP contribution in [0.25, 0.3) is 10.9 Å². The van der Waals surface area contributed by atoms with Crippen LogP contribution in [0.3, 0.4) is 0 Å². The minimum atomic E-state index is 0.468. The van der Waals surface area contributed by atoms with Gasteiger partial charge in [-0.25, -0.2) is 9.97 Å². The predicted molar refractivity (Wildman–Crippen MR) is 119 cm³/mol. The van der Waals surface area contributed by atoms with Crippen molar-refractivity contribution in [3.8, 4) is 17.2 Å². The molecule has 30 heavy (non-hydrogen) atoms. The molecule has 0 atom stereocenters. The fraction of sp³-hybridized carbons (Fsp3) is 0.391. The molecule has 7 nitrogen and oxygen atoms in total. The number of hydrogen-bond acceptors (Lipinski definition) is 7. The summed E-state index contributed by atoms with van der Waals surface area (Å²) in [4.78, 5) is 9.59. The molecule has 1 aliphatic carbocycles. The number of fused-ring (bicyclic) bond motifs is 1. The number of rotatable bonds is 10. The fourth-order valence-corrected chi connectivity index (χ4v) is 3.44. The molecule has 1 saturated carbocycles. The zero-order chi connectivity index (χ0) is 20.9. The average molecular weight is 409 g/mol. The molecule has 1 aromatic heterocycles. The normalized spacial score (nSPS) is 13.2. The highest BCUT2D eigenvalue weighted by atomic mass is 16.5. The zero-order valence-electron chi connectivity index (χ0n) is 17.7. The lowest BCUT2D eigenvalue weighted by molar-refractivity contribution is 0.356. The summed E-state index contributed by atoms with van der Waals surface area (Å²) in [5.41, 5.74) is 1.87. The van der Waals surface area contributed by atoms with Gasteiger partial charge in [0, 0.05) is 30.5 Å². The van der Waals surface area contributed by atoms with Crippen LogP contribution in [0.1, 0.15) is 31.0 Å². The molecule has 1 fully saturated rings. The van der Waals surface area contributed by atoms with Gasteiger partial charge in [0.05, 0.1) is 32.5 Å². The topological polar surface area (TPSA) is 77.5 Å². The van der Waals surface area contributed by atoms with E-state index in [1.165, 1.54) is 0 Å². The second kappa shape index (κ2) is 9.07. The minimum absolute atomic E-state index is 0.468. The van der Waals surface area contributed by atoms with Crippen LogP contribution in [0.5, 0.6) is 17.2 Å². The Morgan fingerprint density at radius 3 is 2.30 bits per heavy atom. The van der Waals surface area contributed by atoms with Gasteiger partial charge in [-0.15, -0.1) is 0 Å². The van der Waals surface area contributed by atoms with Gasteiger partial charge in [-0.3, -0.25) is 0 Å². The first-order valence-electron chi connectivity index (χ1n) is 10.3. The van der Waals surface area contributed by atoms with Crippen LogP contribution in [-0.2, 0) is 0 Å². The average Bonchev–Trinajstić information content (AvgIpc) is 3.63. The van der Waals surface area contributed by atoms with Crippen molar-refractivity contribution in [3.63, 3.8) is 0 Å². The zero-order valence-corrected chi connectivity index (χ0v) is 17.7. The van der Waals surface area contributed by atoms with Crippen LogP contribution in [0.4, 0.5) is 11.5 Å². The summed E-state index contributed by atoms with van der Waals surface area (Å²) < 4.78 is 16.3. The molecule has 7 heteroatoms. The van der Waals surface area contributed by atoms with E-state index in [0.29, 0.717) is 17.4 Å². The lowest BCUT2D eigenvalue weighted by atomic mass is 10.2. The van der Waals surface area contributed by atoms with Gasteiger partial charge in [0.2, 0.25) is 0 Å². The lowest BCUT2D eigenvalue weighted by Crippen LogP contribution is -2.11. The third-order valence-corrected chi connectivity index (χ3v) is 5.23. The van der Waals surface area contributed by atoms with Gasteiger partial charge in [0.25, 0.3) is 0 Å². The van der Waals surface area contributed by atoms with Gasteiger partial charge in [0.15, 0.2) is 11.5 Å². The van der Waals surface area contributed by atoms with Crippen molar-refractivity contribution in [1.29, 1.82) is 0 Å². The molecule has 4 rings (SSSR count). The van der Waals surface area contributed by atoms with E-state index < -0.39 is 0 Å². The summed E-state index contributed by atoms with van der Waals surface area (Å²) >= 11 is 0. The highest BCUT2D eigenvalue weighted by molar-refractivity contribution is 5.92. The second-order valence-corrected chi connectivity index (χ2v) is 7.34. The van der Waals surface area contributed by atoms with E-state index >= 15 is 0 Å². The summed E-state index contributed by atoms with van der Waals surface area (Å²) in [6.07, 6.45) is 3.23. The minimum Gasteiger partial charge on any atom is -0.495 e. The van der Waals surface area contributed by atoms with E-state index in [1.807, 2.05) is 36.4 Å². The number of methoxy groups -OCH3 is 3. The molecular weight excluding hydrogens is 380 g/mol. The molecule has 0 unspecified atom stereocenters. The molecule has 2 aromatic carbocycles. The number of aromatic nitrogens is 2. The maximum absolute atomic E-state index is 5.47. The molecule has 0 bridgehead atoms. The van der Waals surface area contributed by atoms with Crippen molar-refractivity contribution in [1.82, 2.24) is 9.97 Å². The Bertz CT molecular complexity index is 1020. The Kier molecular flexibility index (Phi) is 6.07. The number of anilines is 2. The number of hydrogen-bond donors (Lipinski definition) is 2. The molecule has 0 radical (unpaired) electrons. The highest BCUT2D eigenvalue weighted by Crippen LogP contribution is 2.41. The summed E-state index contributed by atoms with van der Waals surface area (Å²) in [6, 6.07) is 11.8. The Labute approximate surface area is 176 Å². The third kappa shape index (κ3) is 4.35. The molecule has 0 amide bonds. The van der Waals surface area contributed by atoms with Crippen molar-refractivity contribution in [2.75, 3.05) is 45.1 Å². The number of ether oxygens (including phenoxy) is 3. The summed E-state index contributed by atoms with van der Waals surface area (Å²) in [5.74, 6) is 4.42. The first-order valence-corrected chi connectivity index (χ1v) is 10.3. The Hall–Kier alpha value is -3.22. The molecule has 158 valence electrons. The molecule has 1 aliphatic rings. The maximum Gasteiger partial charge on any atom is 0.162 e. The number of nitrogens with zero attached hydrogens (tertiary/aromatic N) is 2. The fourth-order valence-electron chi connectivity index (χ4n) is 3.44. The summed E-state index contributed by atoms with van der Waals surface area (Å²) in [6.45, 7) is 1.61. The Morgan fingerprint density at radius 1 is 0.867 bits per heavy atom. The van der Waals surface area contributed by atoms with Gasteiger partial charge in [-0.1, -0.05) is 12.1 Å². The van der Waals surface area contributed by atoms with Gasteiger partial charge in [-0.05, 0) is 37.5 Å². The van der Waals surface area contributed by atoms with Crippen LogP contribution < -0.4 is 24.8 Å². The maximum atomic E-state index is 5.47. The standard InChI is InChI=1S/C23H28N4O3/c1-28-19-8-5-4-7-17(19)24-11-6-12-25-23-16-13-20(29-2)21(30-3)14-18(16)26-22(27-23)15-9-10-15/h4-5,7-8,13-15,24H,6,9-12H2,1-3H3,(H,25,26,27). The van der Waals surface area contributed by atoms with Gasteiger partial charge in [-0.2, -0.15) is 0 Å². The molecular formula is C23H28N4O3. The smallest absolute Gasteiger partial charge is 0.162 e. The number of benzene rings is 2. The van der Waals surface area contributed by atoms with Crippen LogP contribution >= 0.6 is 0 Å². The van der Waals surface area contributed by atoms with Gasteiger partial charge >= 0.3 is 0 Å². The van der Waals surface area contributed by atoms with Gasteiger partial charge < -0.3 is 24.8 Å². The van der Waals surface area contributed by atoms with Crippen molar-refractivity contribution < 1.29 is 14.2 Å². The van der Waals surface area contributed by atoms with E-state index in [4.69, 9.17) is 24.2 Å². The van der Waals surface area contributed by atoms with E-state index in [9.17, 15) is 0 Å². The molecule has 0 spiro atoms. The number of para-hydroxylation sites is 2. The first kappa shape index (κ1) is 20.1. The summed E-state index contributed by atoms with van der Waals surface area (Å²) in [5, 5.41) is 7.86. The van der Waals surface area contributed by atoms with Gasteiger partial charge in [0.1, 0.15) is 17.4 Å². The van der Waals surface area contributed by atoms with Crippen molar-refractivity contribution >= 4 is 22.4 Å². The Balaban J connectivity index is 1.47. The van der Waals surface area contributed by atoms with E-state index in [0.717, 1.165) is 66.3 Å². The predicted octanol–water partition coefficient (Wildman–Crippen LogP) is 4.45. The van der Waals surface area contributed by atoms with Crippen LogP contribution in [-0.4, -0.2) is 44.4 Å². The Morgan fingerprint density at radius 2 is 1.57 bits per heavy atom. The lowest BCUT2D eigenvalue weighted by Gasteiger charge is -2.14. The molecule has 0 saturated heterocycles. The van der Waals surface area contributed by atoms with Crippen molar-refractivity contribution in [2.24, 2.45) is 0 Å². The highest BCUT2D eigenvalue weighted by Gasteiger charge is 2.28. The van der Waals surface area contributed by atoms with E-state index in [-0.39, 0.29) is 0 Å². The van der Waals surface area contributed by atoms with Crippen LogP contribution in [0.2, 0.25) is 0 Å². The van der Waals surface area contributed by atoms with Crippen molar-refractivity contribution in [3.05, 3.63) is 42.2 Å². The van der Waals surface area contributed by atoms with Crippen LogP contribution in [0, 0.1) is 0 Å². The van der Waals surface area contributed by atoms with Crippen molar-refractivity contribution in [2.45, 2.75) is 25.2 Å². The molecule has 3 aromatic rings. The quantitative estimate of drug-likeness (QED) is 0.480. The molecule has 0 aliphatic heterocycles. The summed E-state index contributed by atoms with van der Waals surface area (Å²) in [7, 11) is 4.96. The third-order valence-electron chi connectivity index (χ3n) is 5.23. The molecule has 1 heterocycles. The SMILES string of the molecule is COc1ccccc1NCCCNc1nc(C2CC2)nc2cc(OC)c(OC)cc12. The monoisotopic (exact) mass is 408 g/mol. The first-order chi connectivity index (χ1) is 14.7. The van der Waals surface area contributed by atoms with Crippen LogP contribution in [0.15, 0.2) is 36.4 Å².